The third kappa shape index (κ3) is 3.69. The van der Waals surface area contributed by atoms with Gasteiger partial charge in [0, 0.05) is 15.6 Å². The zero-order valence-electron chi connectivity index (χ0n) is 12.5. The molecule has 1 aromatic heterocycles. The molecule has 0 saturated heterocycles. The Bertz CT molecular complexity index is 844. The highest BCUT2D eigenvalue weighted by molar-refractivity contribution is 9.10. The number of halogens is 1. The average Bonchev–Trinajstić information content (AvgIpc) is 3.06. The second-order valence-electron chi connectivity index (χ2n) is 5.28. The van der Waals surface area contributed by atoms with Crippen LogP contribution in [0.4, 0.5) is 0 Å². The summed E-state index contributed by atoms with van der Waals surface area (Å²) in [6.45, 7) is 0. The number of carbonyl (C=O) groups is 1. The Balaban J connectivity index is 1.78. The number of carboxylic acid groups (broad SMARTS) is 1. The maximum atomic E-state index is 10.8. The fourth-order valence-electron chi connectivity index (χ4n) is 2.18. The number of hydrogen-bond donors (Lipinski definition) is 2. The predicted octanol–water partition coefficient (Wildman–Crippen LogP) is 3.12. The summed E-state index contributed by atoms with van der Waals surface area (Å²) >= 11 is 3.38. The van der Waals surface area contributed by atoms with E-state index in [1.165, 1.54) is 0 Å². The summed E-state index contributed by atoms with van der Waals surface area (Å²) in [7, 11) is 0. The molecule has 0 amide bonds. The molecule has 0 unspecified atom stereocenters. The number of aliphatic carboxylic acids is 1. The highest BCUT2D eigenvalue weighted by Gasteiger charge is 2.13. The van der Waals surface area contributed by atoms with Crippen LogP contribution >= 0.6 is 15.9 Å². The Hall–Kier alpha value is -2.51. The molecule has 3 rings (SSSR count). The summed E-state index contributed by atoms with van der Waals surface area (Å²) in [6, 6.07) is 13.9. The van der Waals surface area contributed by atoms with Crippen molar-refractivity contribution >= 4 is 21.9 Å². The van der Waals surface area contributed by atoms with Crippen LogP contribution in [0.3, 0.4) is 0 Å². The van der Waals surface area contributed by atoms with Crippen LogP contribution in [0, 0.1) is 0 Å². The van der Waals surface area contributed by atoms with Crippen molar-refractivity contribution in [2.24, 2.45) is 5.73 Å². The van der Waals surface area contributed by atoms with E-state index >= 15 is 0 Å². The van der Waals surface area contributed by atoms with E-state index in [-0.39, 0.29) is 6.42 Å². The molecule has 2 aromatic carbocycles. The molecule has 0 aliphatic rings. The van der Waals surface area contributed by atoms with Gasteiger partial charge < -0.3 is 15.4 Å². The van der Waals surface area contributed by atoms with Gasteiger partial charge in [-0.2, -0.15) is 4.98 Å². The molecule has 6 nitrogen and oxygen atoms in total. The van der Waals surface area contributed by atoms with Crippen molar-refractivity contribution in [3.63, 3.8) is 0 Å². The minimum Gasteiger partial charge on any atom is -0.480 e. The van der Waals surface area contributed by atoms with Gasteiger partial charge in [0.05, 0.1) is 0 Å². The van der Waals surface area contributed by atoms with E-state index in [0.717, 1.165) is 21.2 Å². The third-order valence-corrected chi connectivity index (χ3v) is 4.03. The molecule has 0 bridgehead atoms. The first-order valence-electron chi connectivity index (χ1n) is 7.20. The standard InChI is InChI=1S/C17H14BrN3O3/c18-13-7-5-12(6-8-13)16-20-15(21-24-16)11-3-1-10(2-4-11)9-14(19)17(22)23/h1-8,14H,9,19H2,(H,22,23)/t14-/m0/s1. The molecular formula is C17H14BrN3O3. The van der Waals surface area contributed by atoms with Crippen LogP contribution in [-0.4, -0.2) is 27.3 Å². The lowest BCUT2D eigenvalue weighted by Crippen LogP contribution is -2.32. The maximum Gasteiger partial charge on any atom is 0.320 e. The molecule has 3 aromatic rings. The smallest absolute Gasteiger partial charge is 0.320 e. The summed E-state index contributed by atoms with van der Waals surface area (Å²) in [5.74, 6) is -0.104. The summed E-state index contributed by atoms with van der Waals surface area (Å²) in [5, 5.41) is 12.8. The van der Waals surface area contributed by atoms with Crippen molar-refractivity contribution in [1.29, 1.82) is 0 Å². The Morgan fingerprint density at radius 3 is 2.38 bits per heavy atom. The van der Waals surface area contributed by atoms with Gasteiger partial charge in [0.2, 0.25) is 5.82 Å². The van der Waals surface area contributed by atoms with Crippen LogP contribution in [0.5, 0.6) is 0 Å². The van der Waals surface area contributed by atoms with Crippen LogP contribution in [0.25, 0.3) is 22.8 Å². The first-order chi connectivity index (χ1) is 11.5. The molecule has 122 valence electrons. The molecule has 0 aliphatic heterocycles. The van der Waals surface area contributed by atoms with Crippen LogP contribution in [0.2, 0.25) is 0 Å². The molecule has 24 heavy (non-hydrogen) atoms. The van der Waals surface area contributed by atoms with Crippen molar-refractivity contribution in [2.75, 3.05) is 0 Å². The maximum absolute atomic E-state index is 10.8. The van der Waals surface area contributed by atoms with E-state index in [1.54, 1.807) is 0 Å². The first kappa shape index (κ1) is 16.4. The third-order valence-electron chi connectivity index (χ3n) is 3.50. The molecule has 7 heteroatoms. The second kappa shape index (κ2) is 6.94. The molecule has 0 saturated carbocycles. The fourth-order valence-corrected chi connectivity index (χ4v) is 2.45. The van der Waals surface area contributed by atoms with Gasteiger partial charge in [-0.25, -0.2) is 0 Å². The normalized spacial score (nSPS) is 12.1. The largest absolute Gasteiger partial charge is 0.480 e. The first-order valence-corrected chi connectivity index (χ1v) is 7.99. The van der Waals surface area contributed by atoms with Crippen molar-refractivity contribution in [3.05, 3.63) is 58.6 Å². The van der Waals surface area contributed by atoms with Crippen molar-refractivity contribution in [2.45, 2.75) is 12.5 Å². The Morgan fingerprint density at radius 1 is 1.12 bits per heavy atom. The molecular weight excluding hydrogens is 374 g/mol. The lowest BCUT2D eigenvalue weighted by molar-refractivity contribution is -0.138. The van der Waals surface area contributed by atoms with Gasteiger partial charge in [-0.15, -0.1) is 0 Å². The minimum atomic E-state index is -1.02. The number of carboxylic acids is 1. The van der Waals surface area contributed by atoms with Crippen molar-refractivity contribution in [1.82, 2.24) is 10.1 Å². The van der Waals surface area contributed by atoms with Crippen molar-refractivity contribution in [3.8, 4) is 22.8 Å². The molecule has 3 N–H and O–H groups in total. The number of benzene rings is 2. The zero-order valence-corrected chi connectivity index (χ0v) is 14.1. The fraction of sp³-hybridized carbons (Fsp3) is 0.118. The topological polar surface area (TPSA) is 102 Å². The molecule has 0 fully saturated rings. The van der Waals surface area contributed by atoms with E-state index in [1.807, 2.05) is 48.5 Å². The molecule has 1 heterocycles. The van der Waals surface area contributed by atoms with Crippen LogP contribution < -0.4 is 5.73 Å². The Kier molecular flexibility index (Phi) is 4.73. The zero-order chi connectivity index (χ0) is 17.1. The number of aromatic nitrogens is 2. The van der Waals surface area contributed by atoms with E-state index in [4.69, 9.17) is 15.4 Å². The summed E-state index contributed by atoms with van der Waals surface area (Å²) in [4.78, 5) is 15.2. The van der Waals surface area contributed by atoms with Crippen LogP contribution in [0.15, 0.2) is 57.5 Å². The SMILES string of the molecule is N[C@@H](Cc1ccc(-c2noc(-c3ccc(Br)cc3)n2)cc1)C(=O)O. The Morgan fingerprint density at radius 2 is 1.75 bits per heavy atom. The van der Waals surface area contributed by atoms with Gasteiger partial charge in [-0.3, -0.25) is 4.79 Å². The van der Waals surface area contributed by atoms with Gasteiger partial charge in [0.1, 0.15) is 6.04 Å². The number of nitrogens with two attached hydrogens (primary N) is 1. The van der Waals surface area contributed by atoms with E-state index in [0.29, 0.717) is 11.7 Å². The van der Waals surface area contributed by atoms with E-state index in [9.17, 15) is 4.79 Å². The summed E-state index contributed by atoms with van der Waals surface area (Å²) in [5.41, 5.74) is 7.99. The van der Waals surface area contributed by atoms with Gasteiger partial charge in [-0.05, 0) is 36.2 Å². The van der Waals surface area contributed by atoms with Gasteiger partial charge in [0.15, 0.2) is 0 Å². The summed E-state index contributed by atoms with van der Waals surface area (Å²) < 4.78 is 6.27. The lowest BCUT2D eigenvalue weighted by atomic mass is 10.0. The Labute approximate surface area is 146 Å². The second-order valence-corrected chi connectivity index (χ2v) is 6.19. The number of hydrogen-bond acceptors (Lipinski definition) is 5. The van der Waals surface area contributed by atoms with Gasteiger partial charge in [0.25, 0.3) is 5.89 Å². The monoisotopic (exact) mass is 387 g/mol. The van der Waals surface area contributed by atoms with Gasteiger partial charge in [-0.1, -0.05) is 45.4 Å². The van der Waals surface area contributed by atoms with E-state index in [2.05, 4.69) is 26.1 Å². The quantitative estimate of drug-likeness (QED) is 0.696. The highest BCUT2D eigenvalue weighted by Crippen LogP contribution is 2.24. The highest BCUT2D eigenvalue weighted by atomic mass is 79.9. The van der Waals surface area contributed by atoms with E-state index < -0.39 is 12.0 Å². The predicted molar refractivity (Wildman–Crippen MR) is 92.2 cm³/mol. The molecule has 0 spiro atoms. The average molecular weight is 388 g/mol. The number of nitrogens with zero attached hydrogens (tertiary/aromatic N) is 2. The summed E-state index contributed by atoms with van der Waals surface area (Å²) in [6.07, 6.45) is 0.270. The van der Waals surface area contributed by atoms with Crippen LogP contribution in [-0.2, 0) is 11.2 Å². The molecule has 1 atom stereocenters. The van der Waals surface area contributed by atoms with Gasteiger partial charge >= 0.3 is 5.97 Å². The minimum absolute atomic E-state index is 0.270. The van der Waals surface area contributed by atoms with Crippen LogP contribution in [0.1, 0.15) is 5.56 Å². The molecule has 0 radical (unpaired) electrons. The number of rotatable bonds is 5. The molecule has 0 aliphatic carbocycles. The lowest BCUT2D eigenvalue weighted by Gasteiger charge is -2.06. The van der Waals surface area contributed by atoms with Crippen molar-refractivity contribution < 1.29 is 14.4 Å².